The summed E-state index contributed by atoms with van der Waals surface area (Å²) in [4.78, 5) is 4.29. The molecule has 0 spiro atoms. The van der Waals surface area contributed by atoms with Crippen LogP contribution in [0.15, 0.2) is 16.7 Å². The van der Waals surface area contributed by atoms with Gasteiger partial charge in [0, 0.05) is 20.0 Å². The summed E-state index contributed by atoms with van der Waals surface area (Å²) in [5, 5.41) is 7.63. The maximum atomic E-state index is 5.73. The second kappa shape index (κ2) is 5.82. The van der Waals surface area contributed by atoms with E-state index in [2.05, 4.69) is 22.3 Å². The molecular weight excluding hydrogens is 228 g/mol. The van der Waals surface area contributed by atoms with Gasteiger partial charge in [-0.3, -0.25) is 4.68 Å². The highest BCUT2D eigenvalue weighted by Crippen LogP contribution is 2.20. The predicted molar refractivity (Wildman–Crippen MR) is 70.3 cm³/mol. The van der Waals surface area contributed by atoms with Crippen molar-refractivity contribution < 1.29 is 4.42 Å². The van der Waals surface area contributed by atoms with Crippen LogP contribution in [0.4, 0.5) is 0 Å². The maximum absolute atomic E-state index is 5.73. The van der Waals surface area contributed by atoms with E-state index in [4.69, 9.17) is 4.42 Å². The van der Waals surface area contributed by atoms with Crippen LogP contribution in [0.2, 0.25) is 0 Å². The average Bonchev–Trinajstić information content (AvgIpc) is 2.91. The summed E-state index contributed by atoms with van der Waals surface area (Å²) in [6.45, 7) is 6.06. The molecule has 0 aliphatic carbocycles. The molecule has 98 valence electrons. The molecular formula is C13H20N4O. The Morgan fingerprint density at radius 3 is 2.89 bits per heavy atom. The van der Waals surface area contributed by atoms with E-state index >= 15 is 0 Å². The minimum Gasteiger partial charge on any atom is -0.439 e. The molecule has 5 heteroatoms. The fourth-order valence-corrected chi connectivity index (χ4v) is 1.88. The van der Waals surface area contributed by atoms with Gasteiger partial charge in [0.2, 0.25) is 0 Å². The number of aryl methyl sites for hydroxylation is 2. The molecule has 0 saturated heterocycles. The molecule has 5 nitrogen and oxygen atoms in total. The van der Waals surface area contributed by atoms with Crippen molar-refractivity contribution in [3.05, 3.63) is 23.8 Å². The fourth-order valence-electron chi connectivity index (χ4n) is 1.88. The minimum atomic E-state index is 0.771. The SMILES string of the molecule is CCCNCCc1ncc(-c2cc(C)nn2C)o1. The van der Waals surface area contributed by atoms with Gasteiger partial charge in [0.05, 0.1) is 11.9 Å². The van der Waals surface area contributed by atoms with Crippen LogP contribution in [-0.4, -0.2) is 27.9 Å². The molecule has 1 N–H and O–H groups in total. The Kier molecular flexibility index (Phi) is 4.15. The van der Waals surface area contributed by atoms with Gasteiger partial charge in [-0.2, -0.15) is 5.10 Å². The number of nitrogens with one attached hydrogen (secondary N) is 1. The zero-order valence-electron chi connectivity index (χ0n) is 11.2. The Hall–Kier alpha value is -1.62. The molecule has 0 amide bonds. The van der Waals surface area contributed by atoms with Crippen molar-refractivity contribution in [3.8, 4) is 11.5 Å². The van der Waals surface area contributed by atoms with Gasteiger partial charge in [-0.05, 0) is 26.0 Å². The molecule has 2 aromatic heterocycles. The van der Waals surface area contributed by atoms with E-state index in [1.54, 1.807) is 6.20 Å². The molecule has 2 aromatic rings. The van der Waals surface area contributed by atoms with Gasteiger partial charge >= 0.3 is 0 Å². The summed E-state index contributed by atoms with van der Waals surface area (Å²) in [5.41, 5.74) is 1.95. The van der Waals surface area contributed by atoms with E-state index in [1.165, 1.54) is 0 Å². The van der Waals surface area contributed by atoms with Crippen LogP contribution < -0.4 is 5.32 Å². The number of hydrogen-bond donors (Lipinski definition) is 1. The largest absolute Gasteiger partial charge is 0.439 e. The van der Waals surface area contributed by atoms with Crippen LogP contribution in [0.5, 0.6) is 0 Å². The third-order valence-corrected chi connectivity index (χ3v) is 2.75. The van der Waals surface area contributed by atoms with Gasteiger partial charge in [-0.1, -0.05) is 6.92 Å². The van der Waals surface area contributed by atoms with Crippen molar-refractivity contribution in [3.63, 3.8) is 0 Å². The third kappa shape index (κ3) is 2.98. The highest BCUT2D eigenvalue weighted by Gasteiger charge is 2.10. The predicted octanol–water partition coefficient (Wildman–Crippen LogP) is 1.93. The Balaban J connectivity index is 1.99. The first-order chi connectivity index (χ1) is 8.70. The summed E-state index contributed by atoms with van der Waals surface area (Å²) >= 11 is 0. The summed E-state index contributed by atoms with van der Waals surface area (Å²) in [5.74, 6) is 1.55. The zero-order chi connectivity index (χ0) is 13.0. The van der Waals surface area contributed by atoms with Crippen molar-refractivity contribution in [1.29, 1.82) is 0 Å². The topological polar surface area (TPSA) is 55.9 Å². The van der Waals surface area contributed by atoms with E-state index in [1.807, 2.05) is 24.7 Å². The molecule has 0 saturated carbocycles. The number of aromatic nitrogens is 3. The van der Waals surface area contributed by atoms with Crippen LogP contribution >= 0.6 is 0 Å². The zero-order valence-corrected chi connectivity index (χ0v) is 11.2. The monoisotopic (exact) mass is 248 g/mol. The first-order valence-corrected chi connectivity index (χ1v) is 6.37. The Labute approximate surface area is 107 Å². The molecule has 2 heterocycles. The molecule has 0 fully saturated rings. The maximum Gasteiger partial charge on any atom is 0.196 e. The number of hydrogen-bond acceptors (Lipinski definition) is 4. The van der Waals surface area contributed by atoms with Crippen LogP contribution in [-0.2, 0) is 13.5 Å². The standard InChI is InChI=1S/C13H20N4O/c1-4-6-14-7-5-13-15-9-12(18-13)11-8-10(2)16-17(11)3/h8-9,14H,4-7H2,1-3H3. The van der Waals surface area contributed by atoms with Gasteiger partial charge in [-0.25, -0.2) is 4.98 Å². The number of rotatable bonds is 6. The van der Waals surface area contributed by atoms with Gasteiger partial charge in [0.1, 0.15) is 5.69 Å². The molecule has 0 aliphatic heterocycles. The highest BCUT2D eigenvalue weighted by atomic mass is 16.4. The molecule has 0 aliphatic rings. The van der Waals surface area contributed by atoms with E-state index in [0.717, 1.165) is 49.0 Å². The van der Waals surface area contributed by atoms with Gasteiger partial charge in [0.15, 0.2) is 11.7 Å². The third-order valence-electron chi connectivity index (χ3n) is 2.75. The Morgan fingerprint density at radius 2 is 2.22 bits per heavy atom. The quantitative estimate of drug-likeness (QED) is 0.794. The van der Waals surface area contributed by atoms with Crippen LogP contribution in [0.3, 0.4) is 0 Å². The van der Waals surface area contributed by atoms with E-state index in [0.29, 0.717) is 0 Å². The average molecular weight is 248 g/mol. The minimum absolute atomic E-state index is 0.771. The fraction of sp³-hybridized carbons (Fsp3) is 0.538. The second-order valence-electron chi connectivity index (χ2n) is 4.41. The van der Waals surface area contributed by atoms with Crippen molar-refractivity contribution in [2.24, 2.45) is 7.05 Å². The lowest BCUT2D eigenvalue weighted by Gasteiger charge is -1.99. The van der Waals surface area contributed by atoms with Crippen molar-refractivity contribution >= 4 is 0 Å². The summed E-state index contributed by atoms with van der Waals surface area (Å²) in [6.07, 6.45) is 3.73. The number of oxazole rings is 1. The first kappa shape index (κ1) is 12.8. The van der Waals surface area contributed by atoms with E-state index < -0.39 is 0 Å². The lowest BCUT2D eigenvalue weighted by atomic mass is 10.3. The molecule has 0 atom stereocenters. The molecule has 18 heavy (non-hydrogen) atoms. The molecule has 0 unspecified atom stereocenters. The van der Waals surface area contributed by atoms with E-state index in [9.17, 15) is 0 Å². The van der Waals surface area contributed by atoms with Gasteiger partial charge < -0.3 is 9.73 Å². The summed E-state index contributed by atoms with van der Waals surface area (Å²) in [6, 6.07) is 2.00. The lowest BCUT2D eigenvalue weighted by molar-refractivity contribution is 0.491. The normalized spacial score (nSPS) is 11.1. The first-order valence-electron chi connectivity index (χ1n) is 6.37. The van der Waals surface area contributed by atoms with Gasteiger partial charge in [0.25, 0.3) is 0 Å². The second-order valence-corrected chi connectivity index (χ2v) is 4.41. The van der Waals surface area contributed by atoms with Crippen LogP contribution in [0, 0.1) is 6.92 Å². The molecule has 0 bridgehead atoms. The van der Waals surface area contributed by atoms with Gasteiger partial charge in [-0.15, -0.1) is 0 Å². The summed E-state index contributed by atoms with van der Waals surface area (Å²) in [7, 11) is 1.91. The lowest BCUT2D eigenvalue weighted by Crippen LogP contribution is -2.17. The molecule has 0 radical (unpaired) electrons. The van der Waals surface area contributed by atoms with Crippen molar-refractivity contribution in [2.75, 3.05) is 13.1 Å². The van der Waals surface area contributed by atoms with Crippen LogP contribution in [0.1, 0.15) is 24.9 Å². The molecule has 2 rings (SSSR count). The number of nitrogens with zero attached hydrogens (tertiary/aromatic N) is 3. The summed E-state index contributed by atoms with van der Waals surface area (Å²) < 4.78 is 7.55. The van der Waals surface area contributed by atoms with Crippen molar-refractivity contribution in [1.82, 2.24) is 20.1 Å². The Morgan fingerprint density at radius 1 is 1.39 bits per heavy atom. The Bertz CT molecular complexity index is 501. The van der Waals surface area contributed by atoms with E-state index in [-0.39, 0.29) is 0 Å². The van der Waals surface area contributed by atoms with Crippen molar-refractivity contribution in [2.45, 2.75) is 26.7 Å². The van der Waals surface area contributed by atoms with Crippen LogP contribution in [0.25, 0.3) is 11.5 Å². The molecule has 0 aromatic carbocycles. The smallest absolute Gasteiger partial charge is 0.196 e. The highest BCUT2D eigenvalue weighted by molar-refractivity contribution is 5.51.